The van der Waals surface area contributed by atoms with E-state index in [9.17, 15) is 13.2 Å². The molecule has 0 heterocycles. The van der Waals surface area contributed by atoms with Crippen LogP contribution in [0.5, 0.6) is 5.75 Å². The minimum atomic E-state index is -4.80. The van der Waals surface area contributed by atoms with Crippen molar-refractivity contribution >= 4 is 28.9 Å². The van der Waals surface area contributed by atoms with Gasteiger partial charge in [-0.2, -0.15) is 0 Å². The number of nitrogens with two attached hydrogens (primary N) is 1. The molecular weight excluding hydrogens is 254 g/mol. The maximum absolute atomic E-state index is 11.9. The molecule has 0 fully saturated rings. The second kappa shape index (κ2) is 4.37. The summed E-state index contributed by atoms with van der Waals surface area (Å²) in [7, 11) is 0. The Hall–Kier alpha value is -0.810. The summed E-state index contributed by atoms with van der Waals surface area (Å²) in [5.41, 5.74) is 5.77. The van der Waals surface area contributed by atoms with Crippen LogP contribution in [0.3, 0.4) is 0 Å². The number of alkyl halides is 4. The number of anilines is 1. The van der Waals surface area contributed by atoms with Gasteiger partial charge in [-0.05, 0) is 17.7 Å². The molecule has 7 heteroatoms. The van der Waals surface area contributed by atoms with E-state index in [4.69, 9.17) is 28.9 Å². The van der Waals surface area contributed by atoms with E-state index < -0.39 is 12.1 Å². The van der Waals surface area contributed by atoms with Gasteiger partial charge in [-0.1, -0.05) is 11.6 Å². The molecule has 0 saturated carbocycles. The van der Waals surface area contributed by atoms with Gasteiger partial charge in [-0.3, -0.25) is 0 Å². The van der Waals surface area contributed by atoms with Crippen molar-refractivity contribution in [3.63, 3.8) is 0 Å². The fourth-order valence-electron chi connectivity index (χ4n) is 0.955. The lowest BCUT2D eigenvalue weighted by molar-refractivity contribution is -0.274. The number of benzene rings is 1. The standard InChI is InChI=1S/C8H6Cl2F3NO/c9-3-4-1-5(14)7(10)6(2-4)15-8(11,12)13/h1-2H,3,14H2. The maximum atomic E-state index is 11.9. The first-order valence-electron chi connectivity index (χ1n) is 3.73. The van der Waals surface area contributed by atoms with Crippen LogP contribution < -0.4 is 10.5 Å². The summed E-state index contributed by atoms with van der Waals surface area (Å²) in [5, 5.41) is -0.277. The highest BCUT2D eigenvalue weighted by Crippen LogP contribution is 2.35. The van der Waals surface area contributed by atoms with Crippen LogP contribution in [-0.2, 0) is 5.88 Å². The topological polar surface area (TPSA) is 35.2 Å². The summed E-state index contributed by atoms with van der Waals surface area (Å²) in [6, 6.07) is 2.48. The van der Waals surface area contributed by atoms with Crippen molar-refractivity contribution < 1.29 is 17.9 Å². The van der Waals surface area contributed by atoms with Crippen LogP contribution in [0.25, 0.3) is 0 Å². The second-order valence-electron chi connectivity index (χ2n) is 2.68. The van der Waals surface area contributed by atoms with Gasteiger partial charge in [0.1, 0.15) is 10.8 Å². The minimum absolute atomic E-state index is 0.00549. The van der Waals surface area contributed by atoms with Gasteiger partial charge >= 0.3 is 6.36 Å². The summed E-state index contributed by atoms with van der Waals surface area (Å²) in [5.74, 6) is -0.518. The smallest absolute Gasteiger partial charge is 0.404 e. The Morgan fingerprint density at radius 3 is 2.40 bits per heavy atom. The number of nitrogen functional groups attached to an aromatic ring is 1. The predicted octanol–water partition coefficient (Wildman–Crippen LogP) is 3.56. The zero-order valence-electron chi connectivity index (χ0n) is 7.24. The minimum Gasteiger partial charge on any atom is -0.404 e. The largest absolute Gasteiger partial charge is 0.573 e. The van der Waals surface area contributed by atoms with Gasteiger partial charge in [0.25, 0.3) is 0 Å². The first kappa shape index (κ1) is 12.3. The Bertz CT molecular complexity index is 368. The molecule has 0 bridgehead atoms. The van der Waals surface area contributed by atoms with Crippen molar-refractivity contribution in [3.05, 3.63) is 22.7 Å². The Morgan fingerprint density at radius 1 is 1.33 bits per heavy atom. The molecule has 84 valence electrons. The lowest BCUT2D eigenvalue weighted by atomic mass is 10.2. The van der Waals surface area contributed by atoms with Crippen LogP contribution >= 0.6 is 23.2 Å². The maximum Gasteiger partial charge on any atom is 0.573 e. The van der Waals surface area contributed by atoms with E-state index >= 15 is 0 Å². The van der Waals surface area contributed by atoms with Gasteiger partial charge in [0.05, 0.1) is 5.69 Å². The van der Waals surface area contributed by atoms with Gasteiger partial charge in [0.2, 0.25) is 0 Å². The summed E-state index contributed by atoms with van der Waals surface area (Å²) in [6.07, 6.45) is -4.80. The SMILES string of the molecule is Nc1cc(CCl)cc(OC(F)(F)F)c1Cl. The summed E-state index contributed by atoms with van der Waals surface area (Å²) in [6.45, 7) is 0. The molecule has 0 aliphatic carbocycles. The fourth-order valence-corrected chi connectivity index (χ4v) is 1.26. The molecule has 2 nitrogen and oxygen atoms in total. The van der Waals surface area contributed by atoms with Gasteiger partial charge in [0.15, 0.2) is 0 Å². The van der Waals surface area contributed by atoms with Crippen molar-refractivity contribution in [2.75, 3.05) is 5.73 Å². The van der Waals surface area contributed by atoms with Crippen LogP contribution in [-0.4, -0.2) is 6.36 Å². The number of rotatable bonds is 2. The number of ether oxygens (including phenoxy) is 1. The van der Waals surface area contributed by atoms with Gasteiger partial charge in [-0.25, -0.2) is 0 Å². The van der Waals surface area contributed by atoms with Crippen LogP contribution in [0.15, 0.2) is 12.1 Å². The Balaban J connectivity index is 3.11. The first-order valence-corrected chi connectivity index (χ1v) is 4.64. The molecule has 1 aromatic carbocycles. The van der Waals surface area contributed by atoms with Gasteiger partial charge < -0.3 is 10.5 Å². The summed E-state index contributed by atoms with van der Waals surface area (Å²) < 4.78 is 39.5. The molecule has 0 saturated heterocycles. The van der Waals surface area contributed by atoms with Crippen LogP contribution in [0.2, 0.25) is 5.02 Å². The molecular formula is C8H6Cl2F3NO. The van der Waals surface area contributed by atoms with E-state index in [1.165, 1.54) is 6.07 Å². The number of halogens is 5. The molecule has 0 aliphatic rings. The summed E-state index contributed by atoms with van der Waals surface area (Å²) in [4.78, 5) is 0. The number of hydrogen-bond acceptors (Lipinski definition) is 2. The third-order valence-corrected chi connectivity index (χ3v) is 2.22. The zero-order valence-corrected chi connectivity index (χ0v) is 8.75. The average Bonchev–Trinajstić information content (AvgIpc) is 2.10. The quantitative estimate of drug-likeness (QED) is 0.651. The monoisotopic (exact) mass is 259 g/mol. The molecule has 2 N–H and O–H groups in total. The second-order valence-corrected chi connectivity index (χ2v) is 3.32. The predicted molar refractivity (Wildman–Crippen MR) is 52.1 cm³/mol. The zero-order chi connectivity index (χ0) is 11.6. The fraction of sp³-hybridized carbons (Fsp3) is 0.250. The number of hydrogen-bond donors (Lipinski definition) is 1. The lowest BCUT2D eigenvalue weighted by Crippen LogP contribution is -2.17. The molecule has 0 atom stereocenters. The van der Waals surface area contributed by atoms with Crippen LogP contribution in [0, 0.1) is 0 Å². The highest BCUT2D eigenvalue weighted by atomic mass is 35.5. The normalized spacial score (nSPS) is 11.5. The van der Waals surface area contributed by atoms with Crippen molar-refractivity contribution in [1.82, 2.24) is 0 Å². The van der Waals surface area contributed by atoms with E-state index in [1.54, 1.807) is 0 Å². The molecule has 0 aliphatic heterocycles. The Kier molecular flexibility index (Phi) is 3.57. The van der Waals surface area contributed by atoms with Crippen molar-refractivity contribution in [2.45, 2.75) is 12.2 Å². The van der Waals surface area contributed by atoms with E-state index in [0.717, 1.165) is 6.07 Å². The first-order chi connectivity index (χ1) is 6.83. The van der Waals surface area contributed by atoms with Crippen molar-refractivity contribution in [3.8, 4) is 5.75 Å². The average molecular weight is 260 g/mol. The third kappa shape index (κ3) is 3.35. The van der Waals surface area contributed by atoms with E-state index in [1.807, 2.05) is 0 Å². The molecule has 0 radical (unpaired) electrons. The third-order valence-electron chi connectivity index (χ3n) is 1.51. The summed E-state index contributed by atoms with van der Waals surface area (Å²) >= 11 is 11.0. The molecule has 1 aromatic rings. The van der Waals surface area contributed by atoms with E-state index in [0.29, 0.717) is 5.56 Å². The highest BCUT2D eigenvalue weighted by molar-refractivity contribution is 6.34. The Labute approximate surface area is 93.7 Å². The van der Waals surface area contributed by atoms with Crippen LogP contribution in [0.1, 0.15) is 5.56 Å². The van der Waals surface area contributed by atoms with Crippen molar-refractivity contribution in [2.24, 2.45) is 0 Å². The van der Waals surface area contributed by atoms with Gasteiger partial charge in [-0.15, -0.1) is 24.8 Å². The molecule has 0 spiro atoms. The van der Waals surface area contributed by atoms with Gasteiger partial charge in [0, 0.05) is 5.88 Å². The van der Waals surface area contributed by atoms with Crippen molar-refractivity contribution in [1.29, 1.82) is 0 Å². The Morgan fingerprint density at radius 2 is 1.93 bits per heavy atom. The lowest BCUT2D eigenvalue weighted by Gasteiger charge is -2.12. The molecule has 0 aromatic heterocycles. The highest BCUT2D eigenvalue weighted by Gasteiger charge is 2.32. The van der Waals surface area contributed by atoms with Crippen LogP contribution in [0.4, 0.5) is 18.9 Å². The molecule has 1 rings (SSSR count). The van der Waals surface area contributed by atoms with E-state index in [-0.39, 0.29) is 16.6 Å². The van der Waals surface area contributed by atoms with E-state index in [2.05, 4.69) is 4.74 Å². The molecule has 15 heavy (non-hydrogen) atoms. The molecule has 0 amide bonds. The molecule has 0 unspecified atom stereocenters.